The molecule has 1 aliphatic rings. The zero-order valence-electron chi connectivity index (χ0n) is 15.7. The van der Waals surface area contributed by atoms with Crippen LogP contribution in [0.1, 0.15) is 28.8 Å². The molecule has 0 amide bonds. The summed E-state index contributed by atoms with van der Waals surface area (Å²) in [6.45, 7) is 0.248. The highest BCUT2D eigenvalue weighted by Crippen LogP contribution is 2.30. The molecule has 148 valence electrons. The molecule has 1 aromatic carbocycles. The van der Waals surface area contributed by atoms with E-state index in [1.807, 2.05) is 5.38 Å². The minimum atomic E-state index is -3.76. The molecular weight excluding hydrogens is 398 g/mol. The quantitative estimate of drug-likeness (QED) is 0.651. The van der Waals surface area contributed by atoms with Crippen LogP contribution in [0, 0.1) is 0 Å². The van der Waals surface area contributed by atoms with E-state index in [2.05, 4.69) is 4.72 Å². The van der Waals surface area contributed by atoms with E-state index in [0.29, 0.717) is 11.0 Å². The van der Waals surface area contributed by atoms with Gasteiger partial charge in [0.25, 0.3) is 0 Å². The SMILES string of the molecule is Cn1c(=O)c(=O)n(C)c2cc(S(=O)(=O)NCc3csc4c3CCCC4)ccc21. The third-order valence-electron chi connectivity index (χ3n) is 5.37. The van der Waals surface area contributed by atoms with Gasteiger partial charge in [0, 0.05) is 25.5 Å². The molecule has 0 saturated heterocycles. The highest BCUT2D eigenvalue weighted by atomic mass is 32.2. The van der Waals surface area contributed by atoms with Gasteiger partial charge in [-0.1, -0.05) is 0 Å². The standard InChI is InChI=1S/C19H21N3O4S2/c1-21-15-8-7-13(9-16(15)22(2)19(24)18(21)23)28(25,26)20-10-12-11-27-17-6-4-3-5-14(12)17/h7-9,11,20H,3-6,10H2,1-2H3. The predicted molar refractivity (Wildman–Crippen MR) is 109 cm³/mol. The number of hydrogen-bond donors (Lipinski definition) is 1. The first-order chi connectivity index (χ1) is 13.3. The van der Waals surface area contributed by atoms with Gasteiger partial charge in [0.1, 0.15) is 0 Å². The maximum atomic E-state index is 12.8. The Kier molecular flexibility index (Phi) is 4.76. The molecule has 2 aromatic heterocycles. The van der Waals surface area contributed by atoms with Gasteiger partial charge in [0.15, 0.2) is 0 Å². The molecule has 1 N–H and O–H groups in total. The summed E-state index contributed by atoms with van der Waals surface area (Å²) in [6.07, 6.45) is 4.41. The number of thiophene rings is 1. The molecule has 0 aliphatic heterocycles. The molecular formula is C19H21N3O4S2. The molecule has 9 heteroatoms. The van der Waals surface area contributed by atoms with Crippen molar-refractivity contribution in [2.24, 2.45) is 14.1 Å². The summed E-state index contributed by atoms with van der Waals surface area (Å²) < 4.78 is 30.7. The predicted octanol–water partition coefficient (Wildman–Crippen LogP) is 1.66. The number of aromatic nitrogens is 2. The van der Waals surface area contributed by atoms with Crippen molar-refractivity contribution in [1.29, 1.82) is 0 Å². The van der Waals surface area contributed by atoms with Crippen molar-refractivity contribution in [3.63, 3.8) is 0 Å². The van der Waals surface area contributed by atoms with E-state index < -0.39 is 21.1 Å². The fraction of sp³-hybridized carbons (Fsp3) is 0.368. The van der Waals surface area contributed by atoms with Crippen molar-refractivity contribution in [2.75, 3.05) is 0 Å². The van der Waals surface area contributed by atoms with Crippen molar-refractivity contribution < 1.29 is 8.42 Å². The Morgan fingerprint density at radius 3 is 2.46 bits per heavy atom. The first-order valence-electron chi connectivity index (χ1n) is 9.07. The zero-order chi connectivity index (χ0) is 20.1. The Balaban J connectivity index is 1.68. The minimum Gasteiger partial charge on any atom is -0.305 e. The van der Waals surface area contributed by atoms with Gasteiger partial charge in [-0.3, -0.25) is 9.59 Å². The summed E-state index contributed by atoms with van der Waals surface area (Å²) in [4.78, 5) is 25.4. The second-order valence-corrected chi connectivity index (χ2v) is 9.80. The monoisotopic (exact) mass is 419 g/mol. The normalized spacial score (nSPS) is 14.4. The van der Waals surface area contributed by atoms with Gasteiger partial charge in [-0.2, -0.15) is 0 Å². The van der Waals surface area contributed by atoms with Gasteiger partial charge in [0.2, 0.25) is 10.0 Å². The fourth-order valence-electron chi connectivity index (χ4n) is 3.69. The number of rotatable bonds is 4. The maximum Gasteiger partial charge on any atom is 0.316 e. The van der Waals surface area contributed by atoms with E-state index in [0.717, 1.165) is 24.8 Å². The third kappa shape index (κ3) is 3.13. The Bertz CT molecular complexity index is 1300. The lowest BCUT2D eigenvalue weighted by Gasteiger charge is -2.14. The van der Waals surface area contributed by atoms with Crippen molar-refractivity contribution in [3.05, 3.63) is 60.3 Å². The van der Waals surface area contributed by atoms with Crippen LogP contribution in [-0.2, 0) is 43.5 Å². The van der Waals surface area contributed by atoms with Crippen LogP contribution in [0.3, 0.4) is 0 Å². The minimum absolute atomic E-state index is 0.0674. The number of sulfonamides is 1. The van der Waals surface area contributed by atoms with E-state index in [1.54, 1.807) is 17.4 Å². The van der Waals surface area contributed by atoms with Crippen LogP contribution in [0.25, 0.3) is 11.0 Å². The molecule has 0 unspecified atom stereocenters. The van der Waals surface area contributed by atoms with E-state index >= 15 is 0 Å². The molecule has 2 heterocycles. The van der Waals surface area contributed by atoms with Crippen LogP contribution < -0.4 is 15.8 Å². The summed E-state index contributed by atoms with van der Waals surface area (Å²) in [5.74, 6) is 0. The Morgan fingerprint density at radius 2 is 1.71 bits per heavy atom. The fourth-order valence-corrected chi connectivity index (χ4v) is 5.87. The van der Waals surface area contributed by atoms with Crippen LogP contribution in [-0.4, -0.2) is 17.6 Å². The molecule has 0 bridgehead atoms. The van der Waals surface area contributed by atoms with Gasteiger partial charge in [0.05, 0.1) is 15.9 Å². The summed E-state index contributed by atoms with van der Waals surface area (Å²) in [5.41, 5.74) is 1.88. The van der Waals surface area contributed by atoms with Crippen LogP contribution >= 0.6 is 11.3 Å². The Hall–Kier alpha value is -2.23. The molecule has 4 rings (SSSR count). The first kappa shape index (κ1) is 19.1. The zero-order valence-corrected chi connectivity index (χ0v) is 17.3. The number of aryl methyl sites for hydroxylation is 3. The highest BCUT2D eigenvalue weighted by molar-refractivity contribution is 7.89. The topological polar surface area (TPSA) is 90.2 Å². The second kappa shape index (κ2) is 6.98. The molecule has 3 aromatic rings. The molecule has 0 fully saturated rings. The highest BCUT2D eigenvalue weighted by Gasteiger charge is 2.20. The molecule has 1 aliphatic carbocycles. The molecule has 0 spiro atoms. The average Bonchev–Trinajstić information content (AvgIpc) is 3.12. The summed E-state index contributed by atoms with van der Waals surface area (Å²) in [6, 6.07) is 4.44. The lowest BCUT2D eigenvalue weighted by Crippen LogP contribution is -2.39. The van der Waals surface area contributed by atoms with Crippen LogP contribution in [0.15, 0.2) is 38.1 Å². The number of nitrogens with zero attached hydrogens (tertiary/aromatic N) is 2. The van der Waals surface area contributed by atoms with Gasteiger partial charge < -0.3 is 9.13 Å². The Labute approximate surface area is 166 Å². The molecule has 0 atom stereocenters. The van der Waals surface area contributed by atoms with E-state index in [1.165, 1.54) is 52.2 Å². The Morgan fingerprint density at radius 1 is 1.04 bits per heavy atom. The average molecular weight is 420 g/mol. The molecule has 28 heavy (non-hydrogen) atoms. The maximum absolute atomic E-state index is 12.8. The van der Waals surface area contributed by atoms with Crippen molar-refractivity contribution in [2.45, 2.75) is 37.1 Å². The third-order valence-corrected chi connectivity index (χ3v) is 7.91. The van der Waals surface area contributed by atoms with Crippen molar-refractivity contribution >= 4 is 32.4 Å². The molecule has 7 nitrogen and oxygen atoms in total. The van der Waals surface area contributed by atoms with Crippen LogP contribution in [0.4, 0.5) is 0 Å². The number of benzene rings is 1. The van der Waals surface area contributed by atoms with Crippen LogP contribution in [0.2, 0.25) is 0 Å². The van der Waals surface area contributed by atoms with Gasteiger partial charge in [-0.15, -0.1) is 11.3 Å². The summed E-state index contributed by atoms with van der Waals surface area (Å²) in [5, 5.41) is 2.04. The number of nitrogens with one attached hydrogen (secondary N) is 1. The van der Waals surface area contributed by atoms with Crippen molar-refractivity contribution in [1.82, 2.24) is 13.9 Å². The number of hydrogen-bond acceptors (Lipinski definition) is 5. The van der Waals surface area contributed by atoms with Gasteiger partial charge >= 0.3 is 11.1 Å². The number of fused-ring (bicyclic) bond motifs is 2. The lowest BCUT2D eigenvalue weighted by molar-refractivity contribution is 0.580. The molecule has 0 radical (unpaired) electrons. The second-order valence-electron chi connectivity index (χ2n) is 7.07. The van der Waals surface area contributed by atoms with Gasteiger partial charge in [-0.05, 0) is 60.4 Å². The van der Waals surface area contributed by atoms with E-state index in [9.17, 15) is 18.0 Å². The van der Waals surface area contributed by atoms with Crippen LogP contribution in [0.5, 0.6) is 0 Å². The largest absolute Gasteiger partial charge is 0.316 e. The first-order valence-corrected chi connectivity index (χ1v) is 11.4. The van der Waals surface area contributed by atoms with Crippen molar-refractivity contribution in [3.8, 4) is 0 Å². The van der Waals surface area contributed by atoms with E-state index in [-0.39, 0.29) is 11.4 Å². The van der Waals surface area contributed by atoms with Gasteiger partial charge in [-0.25, -0.2) is 13.1 Å². The molecule has 0 saturated carbocycles. The smallest absolute Gasteiger partial charge is 0.305 e. The van der Waals surface area contributed by atoms with E-state index in [4.69, 9.17) is 0 Å². The lowest BCUT2D eigenvalue weighted by atomic mass is 9.96. The summed E-state index contributed by atoms with van der Waals surface area (Å²) >= 11 is 1.70. The summed E-state index contributed by atoms with van der Waals surface area (Å²) in [7, 11) is -0.791.